The number of aliphatic hydroxyl groups excluding tert-OH is 1. The van der Waals surface area contributed by atoms with Crippen LogP contribution in [0.15, 0.2) is 18.2 Å². The van der Waals surface area contributed by atoms with Crippen LogP contribution in [0.1, 0.15) is 30.9 Å². The fraction of sp³-hybridized carbons (Fsp3) is 0.385. The second-order valence-corrected chi connectivity index (χ2v) is 4.19. The average Bonchev–Trinajstić information content (AvgIpc) is 2.29. The second-order valence-electron chi connectivity index (χ2n) is 3.76. The Kier molecular flexibility index (Phi) is 5.06. The van der Waals surface area contributed by atoms with Crippen LogP contribution in [0.2, 0.25) is 5.02 Å². The maximum absolute atomic E-state index is 12.7. The quantitative estimate of drug-likeness (QED) is 0.813. The first-order valence-electron chi connectivity index (χ1n) is 5.38. The van der Waals surface area contributed by atoms with Gasteiger partial charge in [0.2, 0.25) is 0 Å². The van der Waals surface area contributed by atoms with Crippen molar-refractivity contribution in [1.82, 2.24) is 0 Å². The molecule has 0 bridgehead atoms. The van der Waals surface area contributed by atoms with Crippen LogP contribution in [0.25, 0.3) is 0 Å². The normalized spacial score (nSPS) is 12.8. The molecule has 0 heterocycles. The largest absolute Gasteiger partial charge is 0.417 e. The number of hydrogen-bond donors (Lipinski definition) is 1. The van der Waals surface area contributed by atoms with Crippen LogP contribution in [0.3, 0.4) is 0 Å². The van der Waals surface area contributed by atoms with Crippen molar-refractivity contribution in [2.45, 2.75) is 32.0 Å². The molecule has 0 aliphatic rings. The summed E-state index contributed by atoms with van der Waals surface area (Å²) in [6.45, 7) is 1.77. The Balaban J connectivity index is 3.02. The fourth-order valence-electron chi connectivity index (χ4n) is 1.27. The van der Waals surface area contributed by atoms with Crippen LogP contribution < -0.4 is 0 Å². The molecule has 0 aliphatic heterocycles. The average molecular weight is 277 g/mol. The van der Waals surface area contributed by atoms with Gasteiger partial charge in [-0.15, -0.1) is 0 Å². The zero-order valence-electron chi connectivity index (χ0n) is 9.68. The highest BCUT2D eigenvalue weighted by Crippen LogP contribution is 2.33. The number of benzene rings is 1. The first kappa shape index (κ1) is 14.9. The lowest BCUT2D eigenvalue weighted by molar-refractivity contribution is -0.137. The van der Waals surface area contributed by atoms with Gasteiger partial charge in [-0.2, -0.15) is 13.2 Å². The van der Waals surface area contributed by atoms with Crippen molar-refractivity contribution in [3.8, 4) is 11.8 Å². The van der Waals surface area contributed by atoms with E-state index in [0.29, 0.717) is 6.42 Å². The van der Waals surface area contributed by atoms with Gasteiger partial charge in [0, 0.05) is 17.0 Å². The number of alkyl halides is 3. The van der Waals surface area contributed by atoms with E-state index >= 15 is 0 Å². The van der Waals surface area contributed by atoms with Gasteiger partial charge in [-0.25, -0.2) is 0 Å². The Labute approximate surface area is 109 Å². The van der Waals surface area contributed by atoms with Crippen molar-refractivity contribution in [1.29, 1.82) is 0 Å². The van der Waals surface area contributed by atoms with E-state index in [9.17, 15) is 18.3 Å². The summed E-state index contributed by atoms with van der Waals surface area (Å²) in [5, 5.41) is 9.28. The zero-order chi connectivity index (χ0) is 13.8. The van der Waals surface area contributed by atoms with Gasteiger partial charge in [0.15, 0.2) is 0 Å². The summed E-state index contributed by atoms with van der Waals surface area (Å²) in [6.07, 6.45) is -4.44. The van der Waals surface area contributed by atoms with E-state index in [1.165, 1.54) is 12.1 Å². The molecule has 1 unspecified atom stereocenters. The minimum absolute atomic E-state index is 0.0152. The van der Waals surface area contributed by atoms with Crippen molar-refractivity contribution < 1.29 is 18.3 Å². The van der Waals surface area contributed by atoms with E-state index in [2.05, 4.69) is 11.8 Å². The smallest absolute Gasteiger partial charge is 0.392 e. The van der Waals surface area contributed by atoms with E-state index < -0.39 is 17.8 Å². The van der Waals surface area contributed by atoms with E-state index in [1.807, 2.05) is 0 Å². The lowest BCUT2D eigenvalue weighted by atomic mass is 10.1. The third kappa shape index (κ3) is 4.25. The molecule has 98 valence electrons. The van der Waals surface area contributed by atoms with Gasteiger partial charge in [0.25, 0.3) is 0 Å². The zero-order valence-corrected chi connectivity index (χ0v) is 10.4. The second kappa shape index (κ2) is 6.12. The molecule has 1 aromatic carbocycles. The molecule has 0 saturated carbocycles. The number of aliphatic hydroxyl groups is 1. The Bertz CT molecular complexity index is 471. The summed E-state index contributed by atoms with van der Waals surface area (Å²) < 4.78 is 38.1. The Hall–Kier alpha value is -1.18. The first-order chi connectivity index (χ1) is 8.34. The summed E-state index contributed by atoms with van der Waals surface area (Å²) in [6, 6.07) is 3.44. The molecule has 1 aromatic rings. The third-order valence-corrected chi connectivity index (χ3v) is 2.55. The summed E-state index contributed by atoms with van der Waals surface area (Å²) >= 11 is 5.54. The lowest BCUT2D eigenvalue weighted by Crippen LogP contribution is -2.07. The molecule has 0 aliphatic carbocycles. The predicted molar refractivity (Wildman–Crippen MR) is 64.2 cm³/mol. The first-order valence-corrected chi connectivity index (χ1v) is 5.76. The van der Waals surface area contributed by atoms with E-state index in [0.717, 1.165) is 6.07 Å². The highest BCUT2D eigenvalue weighted by molar-refractivity contribution is 6.30. The molecule has 1 N–H and O–H groups in total. The Morgan fingerprint density at radius 1 is 1.39 bits per heavy atom. The van der Waals surface area contributed by atoms with E-state index in [4.69, 9.17) is 11.6 Å². The highest BCUT2D eigenvalue weighted by atomic mass is 35.5. The molecule has 1 nitrogen and oxygen atoms in total. The molecule has 0 fully saturated rings. The third-order valence-electron chi connectivity index (χ3n) is 2.32. The Morgan fingerprint density at radius 3 is 2.61 bits per heavy atom. The van der Waals surface area contributed by atoms with Gasteiger partial charge >= 0.3 is 6.18 Å². The molecule has 0 aromatic heterocycles. The number of rotatable bonds is 2. The molecular formula is C13H12ClF3O. The van der Waals surface area contributed by atoms with Crippen molar-refractivity contribution in [2.75, 3.05) is 0 Å². The highest BCUT2D eigenvalue weighted by Gasteiger charge is 2.33. The molecule has 0 saturated heterocycles. The van der Waals surface area contributed by atoms with Crippen LogP contribution in [0.4, 0.5) is 13.2 Å². The molecule has 1 atom stereocenters. The standard InChI is InChI=1S/C13H12ClF3O/c1-2-11(18)5-3-4-9-6-7-10(14)8-12(9)13(15,16)17/h6-8,11,18H,2,5H2,1H3. The molecule has 5 heteroatoms. The maximum Gasteiger partial charge on any atom is 0.417 e. The summed E-state index contributed by atoms with van der Waals surface area (Å²) in [5.74, 6) is 4.96. The van der Waals surface area contributed by atoms with Crippen LogP contribution in [0, 0.1) is 11.8 Å². The monoisotopic (exact) mass is 276 g/mol. The minimum atomic E-state index is -4.49. The van der Waals surface area contributed by atoms with Gasteiger partial charge < -0.3 is 5.11 Å². The van der Waals surface area contributed by atoms with Crippen LogP contribution in [-0.2, 0) is 6.18 Å². The van der Waals surface area contributed by atoms with Crippen molar-refractivity contribution >= 4 is 11.6 Å². The molecule has 18 heavy (non-hydrogen) atoms. The molecule has 0 radical (unpaired) electrons. The van der Waals surface area contributed by atoms with Gasteiger partial charge in [-0.3, -0.25) is 0 Å². The SMILES string of the molecule is CCC(O)CC#Cc1ccc(Cl)cc1C(F)(F)F. The summed E-state index contributed by atoms with van der Waals surface area (Å²) in [7, 11) is 0. The predicted octanol–water partition coefficient (Wildman–Crippen LogP) is 3.87. The molecular weight excluding hydrogens is 265 g/mol. The van der Waals surface area contributed by atoms with E-state index in [1.54, 1.807) is 6.92 Å². The van der Waals surface area contributed by atoms with Crippen LogP contribution in [-0.4, -0.2) is 11.2 Å². The Morgan fingerprint density at radius 2 is 2.06 bits per heavy atom. The maximum atomic E-state index is 12.7. The molecule has 0 amide bonds. The number of halogens is 4. The minimum Gasteiger partial charge on any atom is -0.392 e. The van der Waals surface area contributed by atoms with Crippen LogP contribution >= 0.6 is 11.6 Å². The fourth-order valence-corrected chi connectivity index (χ4v) is 1.44. The van der Waals surface area contributed by atoms with Crippen LogP contribution in [0.5, 0.6) is 0 Å². The summed E-state index contributed by atoms with van der Waals surface area (Å²) in [5.41, 5.74) is -0.983. The van der Waals surface area contributed by atoms with E-state index in [-0.39, 0.29) is 17.0 Å². The van der Waals surface area contributed by atoms with Crippen molar-refractivity contribution in [2.24, 2.45) is 0 Å². The van der Waals surface area contributed by atoms with Gasteiger partial charge in [-0.1, -0.05) is 30.4 Å². The topological polar surface area (TPSA) is 20.2 Å². The number of hydrogen-bond acceptors (Lipinski definition) is 1. The lowest BCUT2D eigenvalue weighted by Gasteiger charge is -2.09. The van der Waals surface area contributed by atoms with Gasteiger partial charge in [0.1, 0.15) is 0 Å². The van der Waals surface area contributed by atoms with Gasteiger partial charge in [0.05, 0.1) is 11.7 Å². The molecule has 1 rings (SSSR count). The summed E-state index contributed by atoms with van der Waals surface area (Å²) in [4.78, 5) is 0. The van der Waals surface area contributed by atoms with Crippen molar-refractivity contribution in [3.63, 3.8) is 0 Å². The molecule has 0 spiro atoms. The van der Waals surface area contributed by atoms with Gasteiger partial charge in [-0.05, 0) is 24.6 Å². The van der Waals surface area contributed by atoms with Crippen molar-refractivity contribution in [3.05, 3.63) is 34.3 Å².